The fourth-order valence-electron chi connectivity index (χ4n) is 3.13. The van der Waals surface area contributed by atoms with Crippen LogP contribution in [0.2, 0.25) is 0 Å². The van der Waals surface area contributed by atoms with Crippen LogP contribution >= 0.6 is 0 Å². The molecule has 6 nitrogen and oxygen atoms in total. The predicted molar refractivity (Wildman–Crippen MR) is 96.5 cm³/mol. The summed E-state index contributed by atoms with van der Waals surface area (Å²) >= 11 is 0. The summed E-state index contributed by atoms with van der Waals surface area (Å²) in [7, 11) is 0. The Morgan fingerprint density at radius 3 is 2.31 bits per heavy atom. The van der Waals surface area contributed by atoms with Gasteiger partial charge >= 0.3 is 0 Å². The molecule has 3 N–H and O–H groups in total. The zero-order valence-corrected chi connectivity index (χ0v) is 14.3. The van der Waals surface area contributed by atoms with Gasteiger partial charge in [0.25, 0.3) is 0 Å². The van der Waals surface area contributed by atoms with Crippen molar-refractivity contribution >= 4 is 17.7 Å². The molecule has 0 saturated carbocycles. The molecular formula is C20H21N3O3. The van der Waals surface area contributed by atoms with Crippen molar-refractivity contribution in [2.75, 3.05) is 6.54 Å². The molecule has 0 radical (unpaired) electrons. The Hall–Kier alpha value is -3.15. The van der Waals surface area contributed by atoms with Gasteiger partial charge in [0, 0.05) is 19.5 Å². The number of hydrogen-bond donors (Lipinski definition) is 2. The van der Waals surface area contributed by atoms with Crippen LogP contribution in [0.15, 0.2) is 60.7 Å². The molecule has 0 bridgehead atoms. The van der Waals surface area contributed by atoms with Gasteiger partial charge in [-0.25, -0.2) is 0 Å². The number of amides is 3. The minimum absolute atomic E-state index is 0.0654. The normalized spacial score (nSPS) is 17.8. The van der Waals surface area contributed by atoms with Gasteiger partial charge in [-0.15, -0.1) is 0 Å². The monoisotopic (exact) mass is 351 g/mol. The number of likely N-dealkylation sites (tertiary alicyclic amines) is 1. The first-order valence-electron chi connectivity index (χ1n) is 8.51. The van der Waals surface area contributed by atoms with Crippen LogP contribution in [0.4, 0.5) is 0 Å². The van der Waals surface area contributed by atoms with Gasteiger partial charge in [0.05, 0.1) is 5.92 Å². The summed E-state index contributed by atoms with van der Waals surface area (Å²) in [5.74, 6) is -1.52. The lowest BCUT2D eigenvalue weighted by molar-refractivity contribution is -0.130. The van der Waals surface area contributed by atoms with E-state index in [0.29, 0.717) is 18.7 Å². The maximum absolute atomic E-state index is 12.6. The fourth-order valence-corrected chi connectivity index (χ4v) is 3.13. The molecule has 0 spiro atoms. The van der Waals surface area contributed by atoms with E-state index < -0.39 is 17.9 Å². The zero-order valence-electron chi connectivity index (χ0n) is 14.3. The lowest BCUT2D eigenvalue weighted by Crippen LogP contribution is -2.41. The summed E-state index contributed by atoms with van der Waals surface area (Å²) in [6, 6.07) is 17.6. The Morgan fingerprint density at radius 2 is 1.69 bits per heavy atom. The second-order valence-corrected chi connectivity index (χ2v) is 6.42. The van der Waals surface area contributed by atoms with Gasteiger partial charge in [0.1, 0.15) is 6.04 Å². The van der Waals surface area contributed by atoms with E-state index in [2.05, 4.69) is 5.32 Å². The van der Waals surface area contributed by atoms with Crippen molar-refractivity contribution in [3.05, 3.63) is 71.8 Å². The van der Waals surface area contributed by atoms with Crippen LogP contribution in [0, 0.1) is 5.92 Å². The van der Waals surface area contributed by atoms with E-state index in [0.717, 1.165) is 5.56 Å². The van der Waals surface area contributed by atoms with Crippen molar-refractivity contribution in [2.24, 2.45) is 11.7 Å². The van der Waals surface area contributed by atoms with Crippen molar-refractivity contribution in [3.8, 4) is 0 Å². The SMILES string of the molecule is NC(=O)C(NC(=O)C1CC(=O)N(Cc2ccccc2)C1)c1ccccc1. The maximum atomic E-state index is 12.6. The summed E-state index contributed by atoms with van der Waals surface area (Å²) in [6.45, 7) is 0.807. The van der Waals surface area contributed by atoms with E-state index in [1.54, 1.807) is 29.2 Å². The molecule has 3 amide bonds. The first-order chi connectivity index (χ1) is 12.5. The average Bonchev–Trinajstić information content (AvgIpc) is 3.01. The number of carbonyl (C=O) groups is 3. The first kappa shape index (κ1) is 17.7. The van der Waals surface area contributed by atoms with E-state index in [9.17, 15) is 14.4 Å². The second kappa shape index (κ2) is 7.82. The lowest BCUT2D eigenvalue weighted by Gasteiger charge is -2.19. The Kier molecular flexibility index (Phi) is 5.31. The molecule has 0 aliphatic carbocycles. The smallest absolute Gasteiger partial charge is 0.244 e. The molecule has 134 valence electrons. The third-order valence-corrected chi connectivity index (χ3v) is 4.51. The number of nitrogens with one attached hydrogen (secondary N) is 1. The lowest BCUT2D eigenvalue weighted by atomic mass is 10.0. The van der Waals surface area contributed by atoms with Gasteiger partial charge < -0.3 is 16.0 Å². The fraction of sp³-hybridized carbons (Fsp3) is 0.250. The van der Waals surface area contributed by atoms with Crippen molar-refractivity contribution in [1.82, 2.24) is 10.2 Å². The Bertz CT molecular complexity index is 792. The van der Waals surface area contributed by atoms with Gasteiger partial charge in [-0.1, -0.05) is 60.7 Å². The molecule has 1 saturated heterocycles. The Balaban J connectivity index is 1.64. The third kappa shape index (κ3) is 4.08. The molecule has 6 heteroatoms. The van der Waals surface area contributed by atoms with E-state index in [4.69, 9.17) is 5.73 Å². The highest BCUT2D eigenvalue weighted by Gasteiger charge is 2.35. The molecule has 2 atom stereocenters. The molecule has 26 heavy (non-hydrogen) atoms. The van der Waals surface area contributed by atoms with E-state index in [-0.39, 0.29) is 18.2 Å². The largest absolute Gasteiger partial charge is 0.368 e. The molecule has 3 rings (SSSR count). The minimum Gasteiger partial charge on any atom is -0.368 e. The number of benzene rings is 2. The molecule has 2 aromatic rings. The number of rotatable bonds is 6. The zero-order chi connectivity index (χ0) is 18.5. The Labute approximate surface area is 152 Å². The van der Waals surface area contributed by atoms with Crippen molar-refractivity contribution < 1.29 is 14.4 Å². The molecule has 1 aliphatic heterocycles. The van der Waals surface area contributed by atoms with Gasteiger partial charge in [-0.05, 0) is 11.1 Å². The van der Waals surface area contributed by atoms with Crippen LogP contribution in [-0.4, -0.2) is 29.2 Å². The van der Waals surface area contributed by atoms with Crippen molar-refractivity contribution in [2.45, 2.75) is 19.0 Å². The highest BCUT2D eigenvalue weighted by Crippen LogP contribution is 2.22. The summed E-state index contributed by atoms with van der Waals surface area (Å²) in [5.41, 5.74) is 7.08. The van der Waals surface area contributed by atoms with E-state index in [1.807, 2.05) is 36.4 Å². The summed E-state index contributed by atoms with van der Waals surface area (Å²) in [5, 5.41) is 2.69. The summed E-state index contributed by atoms with van der Waals surface area (Å²) in [6.07, 6.45) is 0.138. The highest BCUT2D eigenvalue weighted by molar-refractivity contribution is 5.92. The van der Waals surface area contributed by atoms with Crippen LogP contribution < -0.4 is 11.1 Å². The van der Waals surface area contributed by atoms with Gasteiger partial charge in [-0.2, -0.15) is 0 Å². The second-order valence-electron chi connectivity index (χ2n) is 6.42. The summed E-state index contributed by atoms with van der Waals surface area (Å²) in [4.78, 5) is 38.2. The van der Waals surface area contributed by atoms with E-state index >= 15 is 0 Å². The summed E-state index contributed by atoms with van der Waals surface area (Å²) < 4.78 is 0. The van der Waals surface area contributed by atoms with Crippen LogP contribution in [0.25, 0.3) is 0 Å². The average molecular weight is 351 g/mol. The molecule has 1 aliphatic rings. The number of nitrogens with two attached hydrogens (primary N) is 1. The van der Waals surface area contributed by atoms with Crippen LogP contribution in [0.5, 0.6) is 0 Å². The molecular weight excluding hydrogens is 330 g/mol. The quantitative estimate of drug-likeness (QED) is 0.823. The van der Waals surface area contributed by atoms with Crippen LogP contribution in [0.3, 0.4) is 0 Å². The number of hydrogen-bond acceptors (Lipinski definition) is 3. The number of primary amides is 1. The Morgan fingerprint density at radius 1 is 1.08 bits per heavy atom. The molecule has 2 unspecified atom stereocenters. The van der Waals surface area contributed by atoms with Gasteiger partial charge in [-0.3, -0.25) is 14.4 Å². The molecule has 0 aromatic heterocycles. The number of nitrogens with zero attached hydrogens (tertiary/aromatic N) is 1. The van der Waals surface area contributed by atoms with E-state index in [1.165, 1.54) is 0 Å². The van der Waals surface area contributed by atoms with Gasteiger partial charge in [0.2, 0.25) is 17.7 Å². The molecule has 1 heterocycles. The number of carbonyl (C=O) groups excluding carboxylic acids is 3. The van der Waals surface area contributed by atoms with Gasteiger partial charge in [0.15, 0.2) is 0 Å². The van der Waals surface area contributed by atoms with Crippen molar-refractivity contribution in [1.29, 1.82) is 0 Å². The third-order valence-electron chi connectivity index (χ3n) is 4.51. The van der Waals surface area contributed by atoms with Crippen LogP contribution in [-0.2, 0) is 20.9 Å². The molecule has 1 fully saturated rings. The highest BCUT2D eigenvalue weighted by atomic mass is 16.2. The van der Waals surface area contributed by atoms with Crippen molar-refractivity contribution in [3.63, 3.8) is 0 Å². The minimum atomic E-state index is -0.901. The molecule has 2 aromatic carbocycles. The standard InChI is InChI=1S/C20H21N3O3/c21-19(25)18(15-9-5-2-6-10-15)22-20(26)16-11-17(24)23(13-16)12-14-7-3-1-4-8-14/h1-10,16,18H,11-13H2,(H2,21,25)(H,22,26). The topological polar surface area (TPSA) is 92.5 Å². The first-order valence-corrected chi connectivity index (χ1v) is 8.51. The predicted octanol–water partition coefficient (Wildman–Crippen LogP) is 1.38. The maximum Gasteiger partial charge on any atom is 0.244 e. The van der Waals surface area contributed by atoms with Crippen LogP contribution in [0.1, 0.15) is 23.6 Å².